The molecule has 0 bridgehead atoms. The normalized spacial score (nSPS) is 10.8. The Morgan fingerprint density at radius 3 is 2.92 bits per heavy atom. The molecule has 0 amide bonds. The third-order valence-electron chi connectivity index (χ3n) is 1.65. The van der Waals surface area contributed by atoms with Gasteiger partial charge in [-0.1, -0.05) is 0 Å². The summed E-state index contributed by atoms with van der Waals surface area (Å²) >= 11 is 5.63. The maximum atomic E-state index is 12.9. The highest BCUT2D eigenvalue weighted by Gasteiger charge is 2.05. The average Bonchev–Trinajstić information content (AvgIpc) is 2.33. The van der Waals surface area contributed by atoms with Crippen molar-refractivity contribution in [3.05, 3.63) is 23.3 Å². The third kappa shape index (κ3) is 1.07. The van der Waals surface area contributed by atoms with Crippen molar-refractivity contribution >= 4 is 39.7 Å². The van der Waals surface area contributed by atoms with E-state index in [4.69, 9.17) is 5.73 Å². The van der Waals surface area contributed by atoms with Crippen LogP contribution in [0.15, 0.2) is 22.4 Å². The molecule has 1 nitrogen and oxygen atoms in total. The monoisotopic (exact) mass is 199 g/mol. The Morgan fingerprint density at radius 2 is 2.17 bits per heavy atom. The summed E-state index contributed by atoms with van der Waals surface area (Å²) in [5, 5.41) is 2.55. The lowest BCUT2D eigenvalue weighted by Gasteiger charge is -1.95. The summed E-state index contributed by atoms with van der Waals surface area (Å²) in [7, 11) is 0. The van der Waals surface area contributed by atoms with E-state index in [9.17, 15) is 4.39 Å². The Kier molecular flexibility index (Phi) is 1.73. The van der Waals surface area contributed by atoms with Gasteiger partial charge in [0.15, 0.2) is 0 Å². The van der Waals surface area contributed by atoms with Crippen LogP contribution in [0, 0.1) is 5.82 Å². The maximum Gasteiger partial charge on any atom is 0.125 e. The van der Waals surface area contributed by atoms with E-state index in [1.54, 1.807) is 5.38 Å². The van der Waals surface area contributed by atoms with E-state index in [2.05, 4.69) is 12.6 Å². The fourth-order valence-electron chi connectivity index (χ4n) is 1.10. The fourth-order valence-corrected chi connectivity index (χ4v) is 2.36. The minimum Gasteiger partial charge on any atom is -0.398 e. The van der Waals surface area contributed by atoms with Crippen LogP contribution in [0.3, 0.4) is 0 Å². The lowest BCUT2D eigenvalue weighted by atomic mass is 10.2. The quantitative estimate of drug-likeness (QED) is 0.627. The van der Waals surface area contributed by atoms with Crippen LogP contribution < -0.4 is 5.73 Å². The van der Waals surface area contributed by atoms with Crippen molar-refractivity contribution in [1.29, 1.82) is 0 Å². The highest BCUT2D eigenvalue weighted by molar-refractivity contribution is 7.80. The number of benzene rings is 1. The van der Waals surface area contributed by atoms with Gasteiger partial charge in [0.05, 0.1) is 5.69 Å². The Balaban J connectivity index is 2.92. The van der Waals surface area contributed by atoms with Crippen molar-refractivity contribution in [1.82, 2.24) is 0 Å². The van der Waals surface area contributed by atoms with Gasteiger partial charge in [0.1, 0.15) is 5.82 Å². The van der Waals surface area contributed by atoms with Gasteiger partial charge in [0, 0.05) is 20.4 Å². The second-order valence-corrected chi connectivity index (χ2v) is 3.85. The minimum atomic E-state index is -0.294. The van der Waals surface area contributed by atoms with E-state index in [0.717, 1.165) is 10.1 Å². The van der Waals surface area contributed by atoms with Crippen molar-refractivity contribution in [2.75, 3.05) is 5.73 Å². The van der Waals surface area contributed by atoms with Gasteiger partial charge in [0.2, 0.25) is 0 Å². The van der Waals surface area contributed by atoms with Gasteiger partial charge in [-0.2, -0.15) is 0 Å². The van der Waals surface area contributed by atoms with Crippen molar-refractivity contribution < 1.29 is 4.39 Å². The van der Waals surface area contributed by atoms with Crippen LogP contribution in [0.25, 0.3) is 10.1 Å². The number of thiol groups is 1. The van der Waals surface area contributed by atoms with Gasteiger partial charge in [-0.15, -0.1) is 24.0 Å². The molecule has 12 heavy (non-hydrogen) atoms. The van der Waals surface area contributed by atoms with Crippen LogP contribution in [-0.4, -0.2) is 0 Å². The summed E-state index contributed by atoms with van der Waals surface area (Å²) in [6.45, 7) is 0. The van der Waals surface area contributed by atoms with Gasteiger partial charge in [0.25, 0.3) is 0 Å². The van der Waals surface area contributed by atoms with E-state index in [-0.39, 0.29) is 5.82 Å². The molecule has 2 N–H and O–H groups in total. The zero-order valence-corrected chi connectivity index (χ0v) is 7.75. The van der Waals surface area contributed by atoms with E-state index in [1.165, 1.54) is 23.5 Å². The van der Waals surface area contributed by atoms with Crippen molar-refractivity contribution in [2.24, 2.45) is 0 Å². The zero-order valence-electron chi connectivity index (χ0n) is 6.04. The molecule has 0 unspecified atom stereocenters. The number of hydrogen-bond donors (Lipinski definition) is 2. The Morgan fingerprint density at radius 1 is 1.42 bits per heavy atom. The van der Waals surface area contributed by atoms with E-state index < -0.39 is 0 Å². The van der Waals surface area contributed by atoms with E-state index in [1.807, 2.05) is 0 Å². The van der Waals surface area contributed by atoms with E-state index in [0.29, 0.717) is 10.6 Å². The molecular formula is C8H6FNS2. The Hall–Kier alpha value is -0.740. The molecule has 0 fully saturated rings. The first-order chi connectivity index (χ1) is 5.68. The number of halogens is 1. The predicted molar refractivity (Wildman–Crippen MR) is 53.4 cm³/mol. The number of fused-ring (bicyclic) bond motifs is 1. The third-order valence-corrected chi connectivity index (χ3v) is 3.20. The van der Waals surface area contributed by atoms with Gasteiger partial charge in [-0.05, 0) is 12.1 Å². The number of nitrogens with two attached hydrogens (primary N) is 1. The highest BCUT2D eigenvalue weighted by Crippen LogP contribution is 2.33. The SMILES string of the molecule is Nc1csc2c(S)cc(F)cc12. The highest BCUT2D eigenvalue weighted by atomic mass is 32.1. The number of thiophene rings is 1. The molecule has 1 aromatic heterocycles. The number of rotatable bonds is 0. The van der Waals surface area contributed by atoms with Gasteiger partial charge in [-0.25, -0.2) is 4.39 Å². The first-order valence-electron chi connectivity index (χ1n) is 3.33. The smallest absolute Gasteiger partial charge is 0.125 e. The molecule has 0 saturated carbocycles. The fraction of sp³-hybridized carbons (Fsp3) is 0. The molecule has 1 aromatic carbocycles. The first-order valence-corrected chi connectivity index (χ1v) is 4.66. The predicted octanol–water partition coefficient (Wildman–Crippen LogP) is 2.91. The second kappa shape index (κ2) is 2.64. The van der Waals surface area contributed by atoms with Crippen LogP contribution >= 0.6 is 24.0 Å². The molecule has 4 heteroatoms. The zero-order chi connectivity index (χ0) is 8.72. The second-order valence-electron chi connectivity index (χ2n) is 2.49. The van der Waals surface area contributed by atoms with Gasteiger partial charge < -0.3 is 5.73 Å². The summed E-state index contributed by atoms with van der Waals surface area (Å²) in [5.41, 5.74) is 6.24. The topological polar surface area (TPSA) is 26.0 Å². The van der Waals surface area contributed by atoms with Crippen LogP contribution in [-0.2, 0) is 0 Å². The van der Waals surface area contributed by atoms with Crippen molar-refractivity contribution in [3.63, 3.8) is 0 Å². The first kappa shape index (κ1) is 7.89. The Bertz CT molecular complexity index is 436. The lowest BCUT2D eigenvalue weighted by molar-refractivity contribution is 0.627. The number of hydrogen-bond acceptors (Lipinski definition) is 3. The summed E-state index contributed by atoms with van der Waals surface area (Å²) in [6.07, 6.45) is 0. The van der Waals surface area contributed by atoms with Crippen LogP contribution in [0.1, 0.15) is 0 Å². The molecule has 0 radical (unpaired) electrons. The minimum absolute atomic E-state index is 0.294. The molecule has 2 aromatic rings. The molecular weight excluding hydrogens is 193 g/mol. The molecule has 0 aliphatic rings. The molecule has 0 saturated heterocycles. The molecule has 2 rings (SSSR count). The Labute approximate surface area is 78.4 Å². The standard InChI is InChI=1S/C8H6FNS2/c9-4-1-5-6(10)3-12-8(5)7(11)2-4/h1-3,11H,10H2. The van der Waals surface area contributed by atoms with Crippen LogP contribution in [0.2, 0.25) is 0 Å². The summed E-state index contributed by atoms with van der Waals surface area (Å²) < 4.78 is 13.8. The maximum absolute atomic E-state index is 12.9. The summed E-state index contributed by atoms with van der Waals surface area (Å²) in [4.78, 5) is 0.645. The van der Waals surface area contributed by atoms with Gasteiger partial charge >= 0.3 is 0 Å². The molecule has 0 spiro atoms. The molecule has 1 heterocycles. The summed E-state index contributed by atoms with van der Waals surface area (Å²) in [6, 6.07) is 2.82. The number of anilines is 1. The van der Waals surface area contributed by atoms with Crippen molar-refractivity contribution in [2.45, 2.75) is 4.90 Å². The molecule has 0 aliphatic carbocycles. The van der Waals surface area contributed by atoms with Gasteiger partial charge in [-0.3, -0.25) is 0 Å². The largest absolute Gasteiger partial charge is 0.398 e. The molecule has 62 valence electrons. The molecule has 0 aliphatic heterocycles. The average molecular weight is 199 g/mol. The summed E-state index contributed by atoms with van der Waals surface area (Å²) in [5.74, 6) is -0.294. The van der Waals surface area contributed by atoms with Crippen molar-refractivity contribution in [3.8, 4) is 0 Å². The van der Waals surface area contributed by atoms with Crippen LogP contribution in [0.4, 0.5) is 10.1 Å². The van der Waals surface area contributed by atoms with E-state index >= 15 is 0 Å². The van der Waals surface area contributed by atoms with Crippen LogP contribution in [0.5, 0.6) is 0 Å². The molecule has 0 atom stereocenters. The lowest BCUT2D eigenvalue weighted by Crippen LogP contribution is -1.81. The number of nitrogen functional groups attached to an aromatic ring is 1.